The van der Waals surface area contributed by atoms with Crippen molar-refractivity contribution in [2.24, 2.45) is 5.10 Å². The van der Waals surface area contributed by atoms with Crippen LogP contribution >= 0.6 is 27.5 Å². The molecule has 0 aliphatic rings. The molecule has 47 heavy (non-hydrogen) atoms. The molecule has 13 heteroatoms. The number of halogens is 2. The van der Waals surface area contributed by atoms with E-state index in [4.69, 9.17) is 30.2 Å². The van der Waals surface area contributed by atoms with Crippen molar-refractivity contribution in [1.29, 1.82) is 0 Å². The molecule has 11 nitrogen and oxygen atoms in total. The van der Waals surface area contributed by atoms with Crippen LogP contribution in [0.5, 0.6) is 17.2 Å². The SMILES string of the molecule is CCOc1cc(/C=N/NC(=O)c2ccc(COc3ccc(-n4c(C)ccc4C)cc3)o2)c(Br)c(Cl)c1OCc1ccc([N+](=O)[O-])cc1. The number of furan rings is 1. The number of amides is 1. The fourth-order valence-electron chi connectivity index (χ4n) is 4.68. The van der Waals surface area contributed by atoms with Gasteiger partial charge in [-0.2, -0.15) is 5.10 Å². The Bertz CT molecular complexity index is 1900. The van der Waals surface area contributed by atoms with Gasteiger partial charge in [-0.25, -0.2) is 5.43 Å². The summed E-state index contributed by atoms with van der Waals surface area (Å²) < 4.78 is 25.8. The Morgan fingerprint density at radius 3 is 2.36 bits per heavy atom. The third kappa shape index (κ3) is 8.02. The topological polar surface area (TPSA) is 130 Å². The minimum Gasteiger partial charge on any atom is -0.490 e. The van der Waals surface area contributed by atoms with Crippen molar-refractivity contribution in [3.05, 3.63) is 133 Å². The average molecular weight is 722 g/mol. The van der Waals surface area contributed by atoms with E-state index in [-0.39, 0.29) is 35.4 Å². The maximum absolute atomic E-state index is 12.7. The zero-order chi connectivity index (χ0) is 33.5. The third-order valence-electron chi connectivity index (χ3n) is 6.99. The number of nitrogens with zero attached hydrogens (tertiary/aromatic N) is 3. The number of nitro benzene ring substituents is 1. The second-order valence-electron chi connectivity index (χ2n) is 10.3. The van der Waals surface area contributed by atoms with Crippen LogP contribution in [0.25, 0.3) is 5.69 Å². The highest BCUT2D eigenvalue weighted by Crippen LogP contribution is 2.42. The minimum absolute atomic E-state index is 0.0160. The molecule has 0 spiro atoms. The van der Waals surface area contributed by atoms with Crippen molar-refractivity contribution >= 4 is 45.3 Å². The summed E-state index contributed by atoms with van der Waals surface area (Å²) in [5.74, 6) is 1.30. The number of benzene rings is 3. The van der Waals surface area contributed by atoms with Gasteiger partial charge >= 0.3 is 5.91 Å². The third-order valence-corrected chi connectivity index (χ3v) is 8.43. The number of hydrogen-bond acceptors (Lipinski definition) is 8. The lowest BCUT2D eigenvalue weighted by Gasteiger charge is -2.16. The number of hydrazone groups is 1. The molecule has 0 saturated carbocycles. The monoisotopic (exact) mass is 720 g/mol. The second kappa shape index (κ2) is 15.0. The maximum Gasteiger partial charge on any atom is 0.307 e. The number of nitro groups is 1. The highest BCUT2D eigenvalue weighted by atomic mass is 79.9. The van der Waals surface area contributed by atoms with Gasteiger partial charge in [-0.1, -0.05) is 11.6 Å². The Kier molecular flexibility index (Phi) is 10.6. The van der Waals surface area contributed by atoms with Gasteiger partial charge in [0.15, 0.2) is 17.3 Å². The number of ether oxygens (including phenoxy) is 3. The van der Waals surface area contributed by atoms with Crippen LogP contribution < -0.4 is 19.6 Å². The van der Waals surface area contributed by atoms with Crippen LogP contribution in [0.1, 0.15) is 45.8 Å². The molecule has 0 saturated heterocycles. The smallest absolute Gasteiger partial charge is 0.307 e. The number of carbonyl (C=O) groups excluding carboxylic acids is 1. The van der Waals surface area contributed by atoms with Gasteiger partial charge in [0.1, 0.15) is 29.7 Å². The van der Waals surface area contributed by atoms with Crippen LogP contribution in [-0.2, 0) is 13.2 Å². The first-order chi connectivity index (χ1) is 22.6. The molecule has 0 aliphatic carbocycles. The fourth-order valence-corrected chi connectivity index (χ4v) is 5.33. The van der Waals surface area contributed by atoms with E-state index in [0.29, 0.717) is 39.5 Å². The zero-order valence-electron chi connectivity index (χ0n) is 25.7. The standard InChI is InChI=1S/C34H30BrClN4O7/c1-4-44-30-17-24(31(35)32(36)33(30)46-19-23-7-9-26(10-8-23)40(42)43)18-37-38-34(41)29-16-15-28(47-29)20-45-27-13-11-25(12-14-27)39-21(2)5-6-22(39)3/h5-18H,4,19-20H2,1-3H3,(H,38,41)/b37-18+. The molecule has 1 N–H and O–H groups in total. The predicted octanol–water partition coefficient (Wildman–Crippen LogP) is 8.33. The van der Waals surface area contributed by atoms with E-state index in [1.807, 2.05) is 31.2 Å². The Balaban J connectivity index is 1.18. The normalized spacial score (nSPS) is 11.1. The molecule has 3 aromatic carbocycles. The Morgan fingerprint density at radius 2 is 1.70 bits per heavy atom. The second-order valence-corrected chi connectivity index (χ2v) is 11.4. The molecule has 0 bridgehead atoms. The number of carbonyl (C=O) groups is 1. The maximum atomic E-state index is 12.7. The first-order valence-electron chi connectivity index (χ1n) is 14.5. The van der Waals surface area contributed by atoms with Gasteiger partial charge < -0.3 is 23.2 Å². The van der Waals surface area contributed by atoms with Crippen LogP contribution in [0.4, 0.5) is 5.69 Å². The number of aryl methyl sites for hydroxylation is 2. The summed E-state index contributed by atoms with van der Waals surface area (Å²) in [6, 6.07) is 22.8. The molecule has 5 aromatic rings. The van der Waals surface area contributed by atoms with E-state index in [2.05, 4.69) is 57.0 Å². The summed E-state index contributed by atoms with van der Waals surface area (Å²) in [6.45, 7) is 6.51. The molecular weight excluding hydrogens is 692 g/mol. The van der Waals surface area contributed by atoms with Gasteiger partial charge in [-0.05, 0) is 109 Å². The number of aromatic nitrogens is 1. The lowest BCUT2D eigenvalue weighted by molar-refractivity contribution is -0.384. The van der Waals surface area contributed by atoms with E-state index in [9.17, 15) is 14.9 Å². The van der Waals surface area contributed by atoms with Crippen LogP contribution in [0, 0.1) is 24.0 Å². The quantitative estimate of drug-likeness (QED) is 0.0735. The number of non-ortho nitro benzene ring substituents is 1. The molecule has 242 valence electrons. The van der Waals surface area contributed by atoms with Gasteiger partial charge in [0.25, 0.3) is 5.69 Å². The van der Waals surface area contributed by atoms with Crippen LogP contribution in [0.3, 0.4) is 0 Å². The van der Waals surface area contributed by atoms with E-state index in [1.165, 1.54) is 18.3 Å². The minimum atomic E-state index is -0.551. The molecule has 2 aromatic heterocycles. The average Bonchev–Trinajstić information content (AvgIpc) is 3.68. The summed E-state index contributed by atoms with van der Waals surface area (Å²) in [7, 11) is 0. The van der Waals surface area contributed by atoms with E-state index in [1.54, 1.807) is 30.3 Å². The zero-order valence-corrected chi connectivity index (χ0v) is 28.0. The Labute approximate surface area is 284 Å². The predicted molar refractivity (Wildman–Crippen MR) is 181 cm³/mol. The summed E-state index contributed by atoms with van der Waals surface area (Å²) in [6.07, 6.45) is 1.41. The largest absolute Gasteiger partial charge is 0.490 e. The summed E-state index contributed by atoms with van der Waals surface area (Å²) >= 11 is 10.1. The molecule has 0 fully saturated rings. The van der Waals surface area contributed by atoms with Gasteiger partial charge in [0, 0.05) is 39.2 Å². The molecule has 0 radical (unpaired) electrons. The number of nitrogens with one attached hydrogen (secondary N) is 1. The molecule has 2 heterocycles. The van der Waals surface area contributed by atoms with E-state index in [0.717, 1.165) is 17.1 Å². The number of hydrogen-bond donors (Lipinski definition) is 1. The van der Waals surface area contributed by atoms with Crippen molar-refractivity contribution in [3.63, 3.8) is 0 Å². The Morgan fingerprint density at radius 1 is 1.00 bits per heavy atom. The highest BCUT2D eigenvalue weighted by Gasteiger charge is 2.18. The van der Waals surface area contributed by atoms with Gasteiger partial charge in [-0.15, -0.1) is 0 Å². The highest BCUT2D eigenvalue weighted by molar-refractivity contribution is 9.10. The van der Waals surface area contributed by atoms with Crippen molar-refractivity contribution in [2.45, 2.75) is 34.0 Å². The molecule has 1 amide bonds. The van der Waals surface area contributed by atoms with Gasteiger partial charge in [0.2, 0.25) is 0 Å². The van der Waals surface area contributed by atoms with Crippen LogP contribution in [0.2, 0.25) is 5.02 Å². The fraction of sp³-hybridized carbons (Fsp3) is 0.176. The molecule has 0 unspecified atom stereocenters. The van der Waals surface area contributed by atoms with Crippen molar-refractivity contribution in [1.82, 2.24) is 9.99 Å². The van der Waals surface area contributed by atoms with Crippen molar-refractivity contribution < 1.29 is 28.3 Å². The molecule has 0 aliphatic heterocycles. The molecule has 5 rings (SSSR count). The van der Waals surface area contributed by atoms with Gasteiger partial charge in [0.05, 0.1) is 17.7 Å². The summed E-state index contributed by atoms with van der Waals surface area (Å²) in [5.41, 5.74) is 6.99. The summed E-state index contributed by atoms with van der Waals surface area (Å²) in [5, 5.41) is 15.2. The van der Waals surface area contributed by atoms with Crippen molar-refractivity contribution in [2.75, 3.05) is 6.61 Å². The first kappa shape index (κ1) is 33.3. The van der Waals surface area contributed by atoms with Crippen LogP contribution in [-0.4, -0.2) is 28.2 Å². The Hall–Kier alpha value is -5.07. The van der Waals surface area contributed by atoms with E-state index < -0.39 is 10.8 Å². The van der Waals surface area contributed by atoms with E-state index >= 15 is 0 Å². The van der Waals surface area contributed by atoms with Crippen LogP contribution in [0.15, 0.2) is 92.9 Å². The van der Waals surface area contributed by atoms with Gasteiger partial charge in [-0.3, -0.25) is 14.9 Å². The lowest BCUT2D eigenvalue weighted by Crippen LogP contribution is -2.16. The molecular formula is C34H30BrClN4O7. The van der Waals surface area contributed by atoms with Crippen molar-refractivity contribution in [3.8, 4) is 22.9 Å². The number of rotatable bonds is 13. The molecule has 0 atom stereocenters. The first-order valence-corrected chi connectivity index (χ1v) is 15.6. The summed E-state index contributed by atoms with van der Waals surface area (Å²) in [4.78, 5) is 23.1. The lowest BCUT2D eigenvalue weighted by atomic mass is 10.2.